The molecule has 3 aromatic rings. The number of likely N-dealkylation sites (N-methyl/N-ethyl adjacent to an activating group) is 1. The Morgan fingerprint density at radius 2 is 1.92 bits per heavy atom. The van der Waals surface area contributed by atoms with Gasteiger partial charge in [-0.2, -0.15) is 0 Å². The van der Waals surface area contributed by atoms with Gasteiger partial charge >= 0.3 is 0 Å². The van der Waals surface area contributed by atoms with E-state index in [0.29, 0.717) is 38.0 Å². The van der Waals surface area contributed by atoms with Crippen LogP contribution in [-0.4, -0.2) is 60.6 Å². The Labute approximate surface area is 226 Å². The lowest BCUT2D eigenvalue weighted by molar-refractivity contribution is -0.143. The van der Waals surface area contributed by atoms with Crippen molar-refractivity contribution in [1.82, 2.24) is 20.5 Å². The van der Waals surface area contributed by atoms with Gasteiger partial charge in [-0.05, 0) is 51.1 Å². The van der Waals surface area contributed by atoms with Crippen molar-refractivity contribution >= 4 is 33.9 Å². The third-order valence-electron chi connectivity index (χ3n) is 8.18. The molecule has 0 unspecified atom stereocenters. The Bertz CT molecular complexity index is 1320. The number of amides is 2. The van der Waals surface area contributed by atoms with Gasteiger partial charge in [0.15, 0.2) is 0 Å². The van der Waals surface area contributed by atoms with Crippen molar-refractivity contribution in [3.63, 3.8) is 0 Å². The Kier molecular flexibility index (Phi) is 7.79. The maximum Gasteiger partial charge on any atom is 0.246 e. The molecule has 3 heterocycles. The number of nitrogens with one attached hydrogen (secondary N) is 2. The summed E-state index contributed by atoms with van der Waals surface area (Å²) in [4.78, 5) is 33.9. The highest BCUT2D eigenvalue weighted by Gasteiger charge is 2.46. The van der Waals surface area contributed by atoms with Crippen LogP contribution in [0.2, 0.25) is 0 Å². The first-order chi connectivity index (χ1) is 18.3. The summed E-state index contributed by atoms with van der Waals surface area (Å²) in [6, 6.07) is 9.46. The van der Waals surface area contributed by atoms with Crippen molar-refractivity contribution < 1.29 is 18.7 Å². The molecule has 0 spiro atoms. The molecule has 0 bridgehead atoms. The van der Waals surface area contributed by atoms with Crippen LogP contribution in [0.1, 0.15) is 50.6 Å². The topological polar surface area (TPSA) is 83.6 Å². The normalized spacial score (nSPS) is 20.8. The SMILES string of the molecule is CN[C@@H](C)C(=O)N[C@H](C(=O)N1CCC[C@H]1c1nc(-c2cccc3c(F)cccc23)cs1)C1(C)CCOCC1. The van der Waals surface area contributed by atoms with Crippen molar-refractivity contribution in [2.24, 2.45) is 5.41 Å². The van der Waals surface area contributed by atoms with Crippen molar-refractivity contribution in [3.8, 4) is 11.3 Å². The van der Waals surface area contributed by atoms with Crippen molar-refractivity contribution in [1.29, 1.82) is 0 Å². The molecule has 5 rings (SSSR count). The Hall–Kier alpha value is -2.88. The molecule has 1 aromatic heterocycles. The van der Waals surface area contributed by atoms with Crippen LogP contribution in [0, 0.1) is 11.2 Å². The van der Waals surface area contributed by atoms with Gasteiger partial charge in [0, 0.05) is 41.5 Å². The smallest absolute Gasteiger partial charge is 0.246 e. The number of nitrogens with zero attached hydrogens (tertiary/aromatic N) is 2. The quantitative estimate of drug-likeness (QED) is 0.457. The Morgan fingerprint density at radius 1 is 1.18 bits per heavy atom. The number of aromatic nitrogens is 1. The summed E-state index contributed by atoms with van der Waals surface area (Å²) in [5.74, 6) is -0.499. The highest BCUT2D eigenvalue weighted by Crippen LogP contribution is 2.40. The van der Waals surface area contributed by atoms with E-state index in [0.717, 1.165) is 34.5 Å². The second kappa shape index (κ2) is 11.1. The van der Waals surface area contributed by atoms with E-state index in [2.05, 4.69) is 17.6 Å². The average molecular weight is 539 g/mol. The van der Waals surface area contributed by atoms with Crippen LogP contribution in [0.15, 0.2) is 41.8 Å². The first kappa shape index (κ1) is 26.7. The minimum absolute atomic E-state index is 0.0578. The zero-order chi connectivity index (χ0) is 26.9. The summed E-state index contributed by atoms with van der Waals surface area (Å²) in [7, 11) is 1.73. The standard InChI is InChI=1S/C29H35FN4O3S/c1-18(31-3)26(35)33-25(29(2)12-15-37-16-13-29)28(36)34-14-6-11-24(34)27-32-23(17-38-27)21-9-4-8-20-19(21)7-5-10-22(20)30/h4-5,7-10,17-18,24-25,31H,6,11-16H2,1-3H3,(H,33,35)/t18-,24-,25+/m0/s1. The molecule has 2 saturated heterocycles. The van der Waals surface area contributed by atoms with Gasteiger partial charge in [-0.15, -0.1) is 11.3 Å². The van der Waals surface area contributed by atoms with Gasteiger partial charge in [0.2, 0.25) is 11.8 Å². The minimum Gasteiger partial charge on any atom is -0.381 e. The lowest BCUT2D eigenvalue weighted by atomic mass is 9.74. The number of halogens is 1. The highest BCUT2D eigenvalue weighted by molar-refractivity contribution is 7.10. The molecule has 0 aliphatic carbocycles. The van der Waals surface area contributed by atoms with Crippen LogP contribution in [0.25, 0.3) is 22.0 Å². The molecule has 2 N–H and O–H groups in total. The number of benzene rings is 2. The molecular formula is C29H35FN4O3S. The van der Waals surface area contributed by atoms with Gasteiger partial charge < -0.3 is 20.3 Å². The van der Waals surface area contributed by atoms with Crippen LogP contribution in [0.4, 0.5) is 4.39 Å². The van der Waals surface area contributed by atoms with Gasteiger partial charge in [0.25, 0.3) is 0 Å². The summed E-state index contributed by atoms with van der Waals surface area (Å²) >= 11 is 1.53. The molecule has 7 nitrogen and oxygen atoms in total. The molecule has 2 fully saturated rings. The lowest BCUT2D eigenvalue weighted by Gasteiger charge is -2.42. The third kappa shape index (κ3) is 5.07. The molecule has 2 aliphatic heterocycles. The predicted molar refractivity (Wildman–Crippen MR) is 147 cm³/mol. The first-order valence-corrected chi connectivity index (χ1v) is 14.2. The molecule has 9 heteroatoms. The van der Waals surface area contributed by atoms with Gasteiger partial charge in [-0.25, -0.2) is 9.37 Å². The lowest BCUT2D eigenvalue weighted by Crippen LogP contribution is -2.59. The molecule has 0 radical (unpaired) electrons. The zero-order valence-corrected chi connectivity index (χ0v) is 22.9. The zero-order valence-electron chi connectivity index (χ0n) is 22.1. The molecule has 2 amide bonds. The summed E-state index contributed by atoms with van der Waals surface area (Å²) < 4.78 is 20.0. The second-order valence-electron chi connectivity index (χ2n) is 10.6. The fourth-order valence-corrected chi connectivity index (χ4v) is 6.54. The van der Waals surface area contributed by atoms with Crippen LogP contribution < -0.4 is 10.6 Å². The number of thiazole rings is 1. The number of fused-ring (bicyclic) bond motifs is 1. The maximum absolute atomic E-state index is 14.4. The van der Waals surface area contributed by atoms with Gasteiger partial charge in [-0.1, -0.05) is 37.3 Å². The summed E-state index contributed by atoms with van der Waals surface area (Å²) in [6.07, 6.45) is 3.10. The molecule has 2 aliphatic rings. The number of carbonyl (C=O) groups excluding carboxylic acids is 2. The Morgan fingerprint density at radius 3 is 2.68 bits per heavy atom. The van der Waals surface area contributed by atoms with E-state index in [9.17, 15) is 14.0 Å². The van der Waals surface area contributed by atoms with Crippen LogP contribution in [-0.2, 0) is 14.3 Å². The average Bonchev–Trinajstić information content (AvgIpc) is 3.61. The number of hydrogen-bond acceptors (Lipinski definition) is 6. The predicted octanol–water partition coefficient (Wildman–Crippen LogP) is 4.68. The van der Waals surface area contributed by atoms with E-state index in [1.165, 1.54) is 17.4 Å². The molecule has 0 saturated carbocycles. The maximum atomic E-state index is 14.4. The Balaban J connectivity index is 1.43. The number of likely N-dealkylation sites (tertiary alicyclic amines) is 1. The van der Waals surface area contributed by atoms with E-state index < -0.39 is 17.5 Å². The van der Waals surface area contributed by atoms with Crippen molar-refractivity contribution in [2.75, 3.05) is 26.8 Å². The number of carbonyl (C=O) groups is 2. The first-order valence-electron chi connectivity index (χ1n) is 13.3. The van der Waals surface area contributed by atoms with E-state index >= 15 is 0 Å². The summed E-state index contributed by atoms with van der Waals surface area (Å²) in [6.45, 7) is 5.64. The molecule has 202 valence electrons. The molecular weight excluding hydrogens is 503 g/mol. The highest BCUT2D eigenvalue weighted by atomic mass is 32.1. The van der Waals surface area contributed by atoms with Crippen LogP contribution >= 0.6 is 11.3 Å². The summed E-state index contributed by atoms with van der Waals surface area (Å²) in [5, 5.41) is 10.3. The second-order valence-corrected chi connectivity index (χ2v) is 11.5. The van der Waals surface area contributed by atoms with Gasteiger partial charge in [-0.3, -0.25) is 9.59 Å². The van der Waals surface area contributed by atoms with E-state index in [1.54, 1.807) is 26.1 Å². The van der Waals surface area contributed by atoms with E-state index in [1.807, 2.05) is 28.5 Å². The fraction of sp³-hybridized carbons (Fsp3) is 0.483. The fourth-order valence-electron chi connectivity index (χ4n) is 5.57. The van der Waals surface area contributed by atoms with Crippen molar-refractivity contribution in [2.45, 2.75) is 57.7 Å². The summed E-state index contributed by atoms with van der Waals surface area (Å²) in [5.41, 5.74) is 1.26. The monoisotopic (exact) mass is 538 g/mol. The van der Waals surface area contributed by atoms with Gasteiger partial charge in [0.05, 0.1) is 17.8 Å². The number of hydrogen-bond donors (Lipinski definition) is 2. The van der Waals surface area contributed by atoms with Crippen molar-refractivity contribution in [3.05, 3.63) is 52.6 Å². The number of ether oxygens (including phenoxy) is 1. The largest absolute Gasteiger partial charge is 0.381 e. The molecule has 3 atom stereocenters. The van der Waals surface area contributed by atoms with Crippen LogP contribution in [0.5, 0.6) is 0 Å². The molecule has 38 heavy (non-hydrogen) atoms. The van der Waals surface area contributed by atoms with Gasteiger partial charge in [0.1, 0.15) is 16.9 Å². The molecule has 2 aromatic carbocycles. The van der Waals surface area contributed by atoms with E-state index in [4.69, 9.17) is 9.72 Å². The minimum atomic E-state index is -0.643. The van der Waals surface area contributed by atoms with Crippen LogP contribution in [0.3, 0.4) is 0 Å². The third-order valence-corrected chi connectivity index (χ3v) is 9.13. The number of rotatable bonds is 7. The van der Waals surface area contributed by atoms with E-state index in [-0.39, 0.29) is 23.7 Å².